The Balaban J connectivity index is 3.24. The van der Waals surface area contributed by atoms with Gasteiger partial charge in [0.2, 0.25) is 5.88 Å². The number of halogens is 4. The predicted molar refractivity (Wildman–Crippen MR) is 58.4 cm³/mol. The molecule has 9 heteroatoms. The number of alkyl halides is 4. The molecule has 0 amide bonds. The zero-order valence-corrected chi connectivity index (χ0v) is 10.4. The van der Waals surface area contributed by atoms with Crippen LogP contribution in [0.1, 0.15) is 11.3 Å². The zero-order valence-electron chi connectivity index (χ0n) is 9.62. The van der Waals surface area contributed by atoms with Crippen molar-refractivity contribution in [2.45, 2.75) is 18.7 Å². The average molecular weight is 300 g/mol. The molecule has 0 radical (unpaired) electrons. The van der Waals surface area contributed by atoms with E-state index in [4.69, 9.17) is 21.4 Å². The maximum atomic E-state index is 12.2. The molecule has 0 spiro atoms. The summed E-state index contributed by atoms with van der Waals surface area (Å²) in [7, 11) is 1.24. The van der Waals surface area contributed by atoms with Crippen molar-refractivity contribution in [2.24, 2.45) is 0 Å². The number of methoxy groups -OCH3 is 1. The van der Waals surface area contributed by atoms with E-state index in [-0.39, 0.29) is 22.9 Å². The number of nitrogens with zero attached hydrogens (tertiary/aromatic N) is 1. The van der Waals surface area contributed by atoms with E-state index in [0.717, 1.165) is 0 Å². The molecule has 0 saturated carbocycles. The highest BCUT2D eigenvalue weighted by atomic mass is 35.5. The third-order valence-electron chi connectivity index (χ3n) is 2.00. The molecule has 0 unspecified atom stereocenters. The maximum Gasteiger partial charge on any atom is 0.574 e. The minimum Gasteiger partial charge on any atom is -0.495 e. The molecule has 0 atom stereocenters. The molecule has 0 bridgehead atoms. The van der Waals surface area contributed by atoms with Gasteiger partial charge in [-0.2, -0.15) is 0 Å². The predicted octanol–water partition coefficient (Wildman–Crippen LogP) is 2.35. The average Bonchev–Trinajstić information content (AvgIpc) is 2.26. The van der Waals surface area contributed by atoms with Crippen molar-refractivity contribution in [3.8, 4) is 11.6 Å². The summed E-state index contributed by atoms with van der Waals surface area (Å²) >= 11 is 5.49. The van der Waals surface area contributed by atoms with Gasteiger partial charge in [-0.3, -0.25) is 4.79 Å². The lowest BCUT2D eigenvalue weighted by atomic mass is 10.2. The highest BCUT2D eigenvalue weighted by Crippen LogP contribution is 2.30. The summed E-state index contributed by atoms with van der Waals surface area (Å²) in [6.07, 6.45) is -5.54. The largest absolute Gasteiger partial charge is 0.574 e. The van der Waals surface area contributed by atoms with Crippen molar-refractivity contribution < 1.29 is 32.5 Å². The number of rotatable bonds is 5. The first kappa shape index (κ1) is 15.4. The van der Waals surface area contributed by atoms with Gasteiger partial charge in [0, 0.05) is 5.56 Å². The third-order valence-corrected chi connectivity index (χ3v) is 2.28. The Kier molecular flexibility index (Phi) is 4.82. The van der Waals surface area contributed by atoms with Crippen molar-refractivity contribution in [3.05, 3.63) is 17.3 Å². The monoisotopic (exact) mass is 299 g/mol. The van der Waals surface area contributed by atoms with Gasteiger partial charge in [-0.15, -0.1) is 24.8 Å². The van der Waals surface area contributed by atoms with Crippen molar-refractivity contribution in [3.63, 3.8) is 0 Å². The number of carboxylic acids is 1. The summed E-state index contributed by atoms with van der Waals surface area (Å²) in [6.45, 7) is 0. The van der Waals surface area contributed by atoms with E-state index in [1.54, 1.807) is 0 Å². The quantitative estimate of drug-likeness (QED) is 0.845. The molecule has 106 valence electrons. The first-order chi connectivity index (χ1) is 8.76. The fourth-order valence-electron chi connectivity index (χ4n) is 1.29. The molecule has 0 fully saturated rings. The maximum absolute atomic E-state index is 12.2. The summed E-state index contributed by atoms with van der Waals surface area (Å²) in [5, 5.41) is 8.65. The van der Waals surface area contributed by atoms with Crippen LogP contribution in [0.2, 0.25) is 0 Å². The number of carbonyl (C=O) groups is 1. The molecular formula is C10H9ClF3NO4. The molecular weight excluding hydrogens is 291 g/mol. The van der Waals surface area contributed by atoms with E-state index in [9.17, 15) is 18.0 Å². The van der Waals surface area contributed by atoms with Crippen LogP contribution in [0.25, 0.3) is 0 Å². The summed E-state index contributed by atoms with van der Waals surface area (Å²) < 4.78 is 45.1. The summed E-state index contributed by atoms with van der Waals surface area (Å²) in [5.74, 6) is -2.29. The molecule has 1 aromatic rings. The highest BCUT2D eigenvalue weighted by molar-refractivity contribution is 6.17. The smallest absolute Gasteiger partial charge is 0.495 e. The lowest BCUT2D eigenvalue weighted by Crippen LogP contribution is -2.20. The van der Waals surface area contributed by atoms with Crippen LogP contribution in [-0.2, 0) is 17.1 Å². The minimum atomic E-state index is -4.94. The third kappa shape index (κ3) is 4.47. The van der Waals surface area contributed by atoms with Crippen LogP contribution in [0.15, 0.2) is 6.07 Å². The van der Waals surface area contributed by atoms with Gasteiger partial charge in [-0.1, -0.05) is 0 Å². The normalized spacial score (nSPS) is 11.2. The first-order valence-electron chi connectivity index (χ1n) is 4.87. The number of ether oxygens (including phenoxy) is 2. The fourth-order valence-corrected chi connectivity index (χ4v) is 1.48. The summed E-state index contributed by atoms with van der Waals surface area (Å²) in [4.78, 5) is 14.1. The number of aliphatic carboxylic acids is 1. The first-order valence-corrected chi connectivity index (χ1v) is 5.40. The molecule has 0 saturated heterocycles. The number of aromatic nitrogens is 1. The second-order valence-corrected chi connectivity index (χ2v) is 3.62. The molecule has 5 nitrogen and oxygen atoms in total. The van der Waals surface area contributed by atoms with Crippen LogP contribution < -0.4 is 9.47 Å². The number of carboxylic acid groups (broad SMARTS) is 1. The Bertz CT molecular complexity index is 479. The van der Waals surface area contributed by atoms with Gasteiger partial charge in [-0.25, -0.2) is 4.98 Å². The van der Waals surface area contributed by atoms with Crippen molar-refractivity contribution in [2.75, 3.05) is 7.11 Å². The summed E-state index contributed by atoms with van der Waals surface area (Å²) in [6, 6.07) is 1.17. The SMILES string of the molecule is COc1cc(CCl)c(OC(F)(F)F)nc1CC(=O)O. The second-order valence-electron chi connectivity index (χ2n) is 3.35. The van der Waals surface area contributed by atoms with Crippen molar-refractivity contribution >= 4 is 17.6 Å². The van der Waals surface area contributed by atoms with Crippen LogP contribution in [0.3, 0.4) is 0 Å². The fraction of sp³-hybridized carbons (Fsp3) is 0.400. The van der Waals surface area contributed by atoms with Crippen LogP contribution in [0, 0.1) is 0 Å². The molecule has 0 aliphatic heterocycles. The Morgan fingerprint density at radius 2 is 2.16 bits per heavy atom. The lowest BCUT2D eigenvalue weighted by Gasteiger charge is -2.14. The Hall–Kier alpha value is -1.70. The van der Waals surface area contributed by atoms with Gasteiger partial charge in [0.05, 0.1) is 25.1 Å². The Morgan fingerprint density at radius 3 is 2.58 bits per heavy atom. The highest BCUT2D eigenvalue weighted by Gasteiger charge is 2.33. The van der Waals surface area contributed by atoms with Gasteiger partial charge in [0.25, 0.3) is 0 Å². The number of pyridine rings is 1. The molecule has 1 rings (SSSR count). The molecule has 19 heavy (non-hydrogen) atoms. The van der Waals surface area contributed by atoms with Gasteiger partial charge in [0.15, 0.2) is 0 Å². The standard InChI is InChI=1S/C10H9ClF3NO4/c1-18-7-2-5(4-11)9(19-10(12,13)14)15-6(7)3-8(16)17/h2H,3-4H2,1H3,(H,16,17). The van der Waals surface area contributed by atoms with Crippen LogP contribution in [-0.4, -0.2) is 29.5 Å². The second kappa shape index (κ2) is 5.96. The van der Waals surface area contributed by atoms with Crippen LogP contribution in [0.4, 0.5) is 13.2 Å². The number of hydrogen-bond acceptors (Lipinski definition) is 4. The van der Waals surface area contributed by atoms with E-state index < -0.39 is 24.6 Å². The summed E-state index contributed by atoms with van der Waals surface area (Å²) in [5.41, 5.74) is -0.229. The van der Waals surface area contributed by atoms with Gasteiger partial charge >= 0.3 is 12.3 Å². The molecule has 0 aliphatic carbocycles. The lowest BCUT2D eigenvalue weighted by molar-refractivity contribution is -0.276. The molecule has 0 aromatic carbocycles. The van der Waals surface area contributed by atoms with Gasteiger partial charge in [0.1, 0.15) is 5.75 Å². The molecule has 0 aliphatic rings. The van der Waals surface area contributed by atoms with Crippen molar-refractivity contribution in [1.82, 2.24) is 4.98 Å². The Labute approximate surface area is 110 Å². The molecule has 1 N–H and O–H groups in total. The van der Waals surface area contributed by atoms with E-state index in [0.29, 0.717) is 0 Å². The van der Waals surface area contributed by atoms with E-state index >= 15 is 0 Å². The van der Waals surface area contributed by atoms with E-state index in [2.05, 4.69) is 9.72 Å². The van der Waals surface area contributed by atoms with Crippen molar-refractivity contribution in [1.29, 1.82) is 0 Å². The molecule has 1 heterocycles. The van der Waals surface area contributed by atoms with Crippen LogP contribution in [0.5, 0.6) is 11.6 Å². The minimum absolute atomic E-state index is 0.0348. The van der Waals surface area contributed by atoms with Gasteiger partial charge in [-0.05, 0) is 6.07 Å². The van der Waals surface area contributed by atoms with Crippen LogP contribution >= 0.6 is 11.6 Å². The topological polar surface area (TPSA) is 68.7 Å². The van der Waals surface area contributed by atoms with E-state index in [1.165, 1.54) is 13.2 Å². The van der Waals surface area contributed by atoms with E-state index in [1.807, 2.05) is 0 Å². The molecule has 1 aromatic heterocycles. The van der Waals surface area contributed by atoms with Gasteiger partial charge < -0.3 is 14.6 Å². The Morgan fingerprint density at radius 1 is 1.53 bits per heavy atom. The number of hydrogen-bond donors (Lipinski definition) is 1. The zero-order chi connectivity index (χ0) is 14.6.